The fourth-order valence-corrected chi connectivity index (χ4v) is 3.42. The molecule has 0 N–H and O–H groups in total. The van der Waals surface area contributed by atoms with Crippen molar-refractivity contribution in [3.8, 4) is 5.75 Å². The van der Waals surface area contributed by atoms with Crippen LogP contribution in [-0.4, -0.2) is 54.4 Å². The third-order valence-corrected chi connectivity index (χ3v) is 5.46. The summed E-state index contributed by atoms with van der Waals surface area (Å²) in [7, 11) is 0. The van der Waals surface area contributed by atoms with Crippen LogP contribution in [0.1, 0.15) is 12.8 Å². The van der Waals surface area contributed by atoms with Gasteiger partial charge in [0.05, 0.1) is 5.41 Å². The van der Waals surface area contributed by atoms with Crippen LogP contribution in [0.4, 0.5) is 0 Å². The third-order valence-electron chi connectivity index (χ3n) is 5.20. The van der Waals surface area contributed by atoms with Crippen LogP contribution in [0.2, 0.25) is 5.02 Å². The Bertz CT molecular complexity index is 632. The van der Waals surface area contributed by atoms with Crippen LogP contribution < -0.4 is 4.74 Å². The molecule has 3 aliphatic rings. The number of halogens is 1. The van der Waals surface area contributed by atoms with Gasteiger partial charge >= 0.3 is 0 Å². The summed E-state index contributed by atoms with van der Waals surface area (Å²) in [5.74, 6) is 1.57. The van der Waals surface area contributed by atoms with E-state index < -0.39 is 0 Å². The molecule has 6 heteroatoms. The maximum Gasteiger partial charge on any atom is 0.260 e. The lowest BCUT2D eigenvalue weighted by molar-refractivity contribution is -0.142. The predicted octanol–water partition coefficient (Wildman–Crippen LogP) is 1.80. The van der Waals surface area contributed by atoms with Crippen molar-refractivity contribution in [2.45, 2.75) is 12.8 Å². The van der Waals surface area contributed by atoms with Crippen LogP contribution in [0.15, 0.2) is 24.3 Å². The molecule has 0 spiro atoms. The van der Waals surface area contributed by atoms with Gasteiger partial charge in [-0.15, -0.1) is 0 Å². The Kier molecular flexibility index (Phi) is 3.48. The molecule has 23 heavy (non-hydrogen) atoms. The number of fused-ring (bicyclic) bond motifs is 1. The summed E-state index contributed by atoms with van der Waals surface area (Å²) in [5.41, 5.74) is 0.0316. The number of nitrogens with zero attached hydrogens (tertiary/aromatic N) is 2. The van der Waals surface area contributed by atoms with E-state index in [9.17, 15) is 9.59 Å². The maximum atomic E-state index is 12.3. The van der Waals surface area contributed by atoms with Crippen molar-refractivity contribution in [2.75, 3.05) is 32.8 Å². The monoisotopic (exact) mass is 334 g/mol. The van der Waals surface area contributed by atoms with E-state index in [1.54, 1.807) is 29.2 Å². The highest BCUT2D eigenvalue weighted by Crippen LogP contribution is 2.75. The number of hydrogen-bond donors (Lipinski definition) is 0. The van der Waals surface area contributed by atoms with Crippen molar-refractivity contribution in [2.24, 2.45) is 11.3 Å². The molecule has 122 valence electrons. The van der Waals surface area contributed by atoms with Crippen molar-refractivity contribution < 1.29 is 14.3 Å². The first-order valence-corrected chi connectivity index (χ1v) is 8.42. The molecule has 1 aromatic rings. The van der Waals surface area contributed by atoms with Gasteiger partial charge in [-0.3, -0.25) is 9.59 Å². The van der Waals surface area contributed by atoms with Crippen LogP contribution in [0, 0.1) is 11.3 Å². The average Bonchev–Trinajstić information content (AvgIpc) is 3.44. The normalized spacial score (nSPS) is 28.1. The second-order valence-corrected chi connectivity index (χ2v) is 7.11. The Morgan fingerprint density at radius 2 is 1.65 bits per heavy atom. The quantitative estimate of drug-likeness (QED) is 0.843. The molecule has 1 aliphatic heterocycles. The van der Waals surface area contributed by atoms with Crippen molar-refractivity contribution >= 4 is 23.4 Å². The van der Waals surface area contributed by atoms with Crippen molar-refractivity contribution in [1.82, 2.24) is 9.80 Å². The lowest BCUT2D eigenvalue weighted by Crippen LogP contribution is -2.52. The molecular formula is C17H19ClN2O3. The number of piperazine rings is 1. The topological polar surface area (TPSA) is 49.9 Å². The summed E-state index contributed by atoms with van der Waals surface area (Å²) in [6.07, 6.45) is 2.17. The second-order valence-electron chi connectivity index (χ2n) is 6.68. The summed E-state index contributed by atoms with van der Waals surface area (Å²) in [6.45, 7) is 2.48. The van der Waals surface area contributed by atoms with Crippen molar-refractivity contribution in [3.63, 3.8) is 0 Å². The van der Waals surface area contributed by atoms with Gasteiger partial charge in [0, 0.05) is 31.2 Å². The van der Waals surface area contributed by atoms with Gasteiger partial charge in [-0.1, -0.05) is 11.6 Å². The van der Waals surface area contributed by atoms with Gasteiger partial charge in [0.25, 0.3) is 5.91 Å². The Morgan fingerprint density at radius 1 is 1.09 bits per heavy atom. The van der Waals surface area contributed by atoms with Crippen molar-refractivity contribution in [3.05, 3.63) is 29.3 Å². The first kappa shape index (κ1) is 14.8. The molecule has 2 aliphatic carbocycles. The lowest BCUT2D eigenvalue weighted by Gasteiger charge is -2.35. The van der Waals surface area contributed by atoms with E-state index in [-0.39, 0.29) is 17.9 Å². The zero-order valence-corrected chi connectivity index (χ0v) is 13.6. The van der Waals surface area contributed by atoms with Gasteiger partial charge in [-0.25, -0.2) is 0 Å². The molecule has 2 amide bonds. The van der Waals surface area contributed by atoms with Gasteiger partial charge < -0.3 is 14.5 Å². The van der Waals surface area contributed by atoms with Crippen LogP contribution >= 0.6 is 11.6 Å². The minimum atomic E-state index is -0.0408. The number of amides is 2. The molecular weight excluding hydrogens is 316 g/mol. The van der Waals surface area contributed by atoms with Gasteiger partial charge in [0.1, 0.15) is 5.75 Å². The van der Waals surface area contributed by atoms with Crippen LogP contribution in [0.3, 0.4) is 0 Å². The highest BCUT2D eigenvalue weighted by Gasteiger charge is 2.75. The molecule has 3 fully saturated rings. The molecule has 1 heterocycles. The van der Waals surface area contributed by atoms with E-state index in [2.05, 4.69) is 0 Å². The molecule has 0 radical (unpaired) electrons. The molecule has 0 bridgehead atoms. The summed E-state index contributed by atoms with van der Waals surface area (Å²) >= 11 is 5.81. The molecule has 1 aromatic carbocycles. The summed E-state index contributed by atoms with van der Waals surface area (Å²) in [4.78, 5) is 28.2. The third kappa shape index (κ3) is 2.78. The predicted molar refractivity (Wildman–Crippen MR) is 85.3 cm³/mol. The van der Waals surface area contributed by atoms with Gasteiger partial charge in [0.15, 0.2) is 6.61 Å². The Balaban J connectivity index is 1.24. The number of hydrogen-bond acceptors (Lipinski definition) is 3. The summed E-state index contributed by atoms with van der Waals surface area (Å²) in [6, 6.07) is 6.95. The highest BCUT2D eigenvalue weighted by molar-refractivity contribution is 6.30. The zero-order valence-electron chi connectivity index (χ0n) is 12.8. The molecule has 0 aromatic heterocycles. The minimum Gasteiger partial charge on any atom is -0.484 e. The Morgan fingerprint density at radius 3 is 2.22 bits per heavy atom. The number of benzene rings is 1. The van der Waals surface area contributed by atoms with Crippen LogP contribution in [0.5, 0.6) is 5.75 Å². The molecule has 1 saturated heterocycles. The molecule has 0 atom stereocenters. The standard InChI is InChI=1S/C17H19ClN2O3/c18-13-1-3-14(4-2-13)23-11-15(21)19-5-7-20(8-6-19)16(22)17-9-12(17)10-17/h1-4,12H,5-11H2. The second kappa shape index (κ2) is 5.41. The summed E-state index contributed by atoms with van der Waals surface area (Å²) < 4.78 is 5.49. The fraction of sp³-hybridized carbons (Fsp3) is 0.529. The molecule has 2 saturated carbocycles. The van der Waals surface area contributed by atoms with E-state index >= 15 is 0 Å². The van der Waals surface area contributed by atoms with Gasteiger partial charge in [0.2, 0.25) is 5.91 Å². The number of carbonyl (C=O) groups excluding carboxylic acids is 2. The lowest BCUT2D eigenvalue weighted by atomic mass is 10.1. The first-order valence-electron chi connectivity index (χ1n) is 8.04. The Hall–Kier alpha value is -1.75. The van der Waals surface area contributed by atoms with E-state index in [1.165, 1.54) is 0 Å². The largest absolute Gasteiger partial charge is 0.484 e. The van der Waals surface area contributed by atoms with E-state index in [0.29, 0.717) is 48.8 Å². The SMILES string of the molecule is O=C(COc1ccc(Cl)cc1)N1CCN(C(=O)C23CC2C3)CC1. The van der Waals surface area contributed by atoms with E-state index in [1.807, 2.05) is 4.90 Å². The molecule has 0 unspecified atom stereocenters. The van der Waals surface area contributed by atoms with Crippen molar-refractivity contribution in [1.29, 1.82) is 0 Å². The number of carbonyl (C=O) groups is 2. The van der Waals surface area contributed by atoms with E-state index in [0.717, 1.165) is 12.8 Å². The Labute approximate surface area is 140 Å². The number of ether oxygens (including phenoxy) is 1. The summed E-state index contributed by atoms with van der Waals surface area (Å²) in [5, 5.41) is 0.637. The van der Waals surface area contributed by atoms with Crippen LogP contribution in [-0.2, 0) is 9.59 Å². The van der Waals surface area contributed by atoms with E-state index in [4.69, 9.17) is 16.3 Å². The number of rotatable bonds is 4. The first-order chi connectivity index (χ1) is 11.1. The maximum absolute atomic E-state index is 12.3. The van der Waals surface area contributed by atoms with Gasteiger partial charge in [-0.2, -0.15) is 0 Å². The average molecular weight is 335 g/mol. The molecule has 5 nitrogen and oxygen atoms in total. The minimum absolute atomic E-state index is 0.0155. The smallest absolute Gasteiger partial charge is 0.260 e. The molecule has 4 rings (SSSR count). The fourth-order valence-electron chi connectivity index (χ4n) is 3.29. The highest BCUT2D eigenvalue weighted by atomic mass is 35.5. The zero-order chi connectivity index (χ0) is 16.0. The van der Waals surface area contributed by atoms with Crippen LogP contribution in [0.25, 0.3) is 0 Å². The van der Waals surface area contributed by atoms with Gasteiger partial charge in [-0.05, 0) is 43.0 Å².